The Balaban J connectivity index is 2.20. The number of aromatic nitrogens is 1. The van der Waals surface area contributed by atoms with Crippen LogP contribution in [0.5, 0.6) is 5.75 Å². The van der Waals surface area contributed by atoms with Crippen LogP contribution in [0.2, 0.25) is 0 Å². The molecule has 0 amide bonds. The molecule has 1 heterocycles. The van der Waals surface area contributed by atoms with Crippen LogP contribution >= 0.6 is 0 Å². The quantitative estimate of drug-likeness (QED) is 0.346. The number of carbonyl (C=O) groups is 1. The number of halogens is 4. The van der Waals surface area contributed by atoms with Crippen molar-refractivity contribution in [3.05, 3.63) is 58.9 Å². The summed E-state index contributed by atoms with van der Waals surface area (Å²) in [6, 6.07) is 2.80. The number of hydrogen-bond acceptors (Lipinski definition) is 4. The molecule has 8 heteroatoms. The summed E-state index contributed by atoms with van der Waals surface area (Å²) in [6.45, 7) is 5.47. The van der Waals surface area contributed by atoms with Crippen LogP contribution in [0.25, 0.3) is 0 Å². The number of hydrogen-bond donors (Lipinski definition) is 0. The molecule has 1 aromatic heterocycles. The maximum Gasteiger partial charge on any atom is 0.345 e. The lowest BCUT2D eigenvalue weighted by Crippen LogP contribution is -2.14. The van der Waals surface area contributed by atoms with Gasteiger partial charge in [0.25, 0.3) is 0 Å². The summed E-state index contributed by atoms with van der Waals surface area (Å²) in [6.07, 6.45) is 0.746. The third-order valence-corrected chi connectivity index (χ3v) is 3.18. The molecule has 1 aromatic carbocycles. The third kappa shape index (κ3) is 4.33. The zero-order chi connectivity index (χ0) is 18.7. The number of benzene rings is 1. The van der Waals surface area contributed by atoms with Crippen LogP contribution in [0.3, 0.4) is 0 Å². The van der Waals surface area contributed by atoms with Gasteiger partial charge in [0.2, 0.25) is 17.4 Å². The summed E-state index contributed by atoms with van der Waals surface area (Å²) in [4.78, 5) is 15.9. The number of pyridine rings is 1. The number of ether oxygens (including phenoxy) is 2. The number of nitrogens with zero attached hydrogens (tertiary/aromatic N) is 1. The summed E-state index contributed by atoms with van der Waals surface area (Å²) >= 11 is 0. The highest BCUT2D eigenvalue weighted by Gasteiger charge is 2.24. The molecule has 0 aliphatic carbocycles. The lowest BCUT2D eigenvalue weighted by atomic mass is 10.2. The van der Waals surface area contributed by atoms with Gasteiger partial charge in [0.15, 0.2) is 11.6 Å². The summed E-state index contributed by atoms with van der Waals surface area (Å²) in [5.41, 5.74) is 0.378. The highest BCUT2D eigenvalue weighted by Crippen LogP contribution is 2.27. The van der Waals surface area contributed by atoms with Crippen molar-refractivity contribution in [2.45, 2.75) is 33.0 Å². The molecule has 0 unspecified atom stereocenters. The summed E-state index contributed by atoms with van der Waals surface area (Å²) in [7, 11) is 0. The Hall–Kier alpha value is -2.48. The van der Waals surface area contributed by atoms with Crippen LogP contribution in [0, 0.1) is 23.3 Å². The molecule has 0 aliphatic heterocycles. The summed E-state index contributed by atoms with van der Waals surface area (Å²) < 4.78 is 63.3. The second-order valence-corrected chi connectivity index (χ2v) is 5.49. The van der Waals surface area contributed by atoms with Gasteiger partial charge in [0, 0.05) is 12.3 Å². The SMILES string of the molecule is CC(C)O[C@@H](C)c1ccc(C(=O)Oc2c(F)c(F)cc(F)c2F)cn1. The van der Waals surface area contributed by atoms with Gasteiger partial charge in [-0.3, -0.25) is 4.98 Å². The smallest absolute Gasteiger partial charge is 0.345 e. The lowest BCUT2D eigenvalue weighted by molar-refractivity contribution is 0.0154. The van der Waals surface area contributed by atoms with Crippen molar-refractivity contribution in [3.63, 3.8) is 0 Å². The van der Waals surface area contributed by atoms with Crippen LogP contribution in [0.15, 0.2) is 24.4 Å². The maximum absolute atomic E-state index is 13.5. The van der Waals surface area contributed by atoms with E-state index in [9.17, 15) is 22.4 Å². The molecule has 0 fully saturated rings. The summed E-state index contributed by atoms with van der Waals surface area (Å²) in [5, 5.41) is 0. The van der Waals surface area contributed by atoms with E-state index in [2.05, 4.69) is 9.72 Å². The minimum absolute atomic E-state index is 0.0223. The van der Waals surface area contributed by atoms with Crippen molar-refractivity contribution in [2.75, 3.05) is 0 Å². The van der Waals surface area contributed by atoms with Gasteiger partial charge in [-0.05, 0) is 32.9 Å². The van der Waals surface area contributed by atoms with Gasteiger partial charge in [0.05, 0.1) is 23.5 Å². The average Bonchev–Trinajstić information content (AvgIpc) is 2.56. The van der Waals surface area contributed by atoms with Gasteiger partial charge in [0.1, 0.15) is 0 Å². The van der Waals surface area contributed by atoms with E-state index in [1.807, 2.05) is 13.8 Å². The molecule has 4 nitrogen and oxygen atoms in total. The Morgan fingerprint density at radius 2 is 1.64 bits per heavy atom. The van der Waals surface area contributed by atoms with Gasteiger partial charge in [-0.1, -0.05) is 0 Å². The molecule has 0 N–H and O–H groups in total. The van der Waals surface area contributed by atoms with E-state index in [4.69, 9.17) is 4.74 Å². The number of carbonyl (C=O) groups excluding carboxylic acids is 1. The molecular formula is C17H15F4NO3. The molecule has 2 rings (SSSR count). The van der Waals surface area contributed by atoms with Crippen molar-refractivity contribution in [1.82, 2.24) is 4.98 Å². The number of esters is 1. The Morgan fingerprint density at radius 3 is 2.12 bits per heavy atom. The molecule has 134 valence electrons. The topological polar surface area (TPSA) is 48.4 Å². The first-order valence-electron chi connectivity index (χ1n) is 7.37. The minimum Gasteiger partial charge on any atom is -0.416 e. The van der Waals surface area contributed by atoms with Gasteiger partial charge in [-0.15, -0.1) is 0 Å². The fraction of sp³-hybridized carbons (Fsp3) is 0.294. The molecule has 25 heavy (non-hydrogen) atoms. The Kier molecular flexibility index (Phi) is 5.73. The fourth-order valence-corrected chi connectivity index (χ4v) is 2.04. The number of rotatable bonds is 5. The average molecular weight is 357 g/mol. The first-order valence-corrected chi connectivity index (χ1v) is 7.37. The first-order chi connectivity index (χ1) is 11.7. The highest BCUT2D eigenvalue weighted by atomic mass is 19.2. The van der Waals surface area contributed by atoms with E-state index in [0.717, 1.165) is 6.20 Å². The fourth-order valence-electron chi connectivity index (χ4n) is 2.04. The van der Waals surface area contributed by atoms with E-state index in [0.29, 0.717) is 5.69 Å². The van der Waals surface area contributed by atoms with Crippen LogP contribution in [-0.2, 0) is 4.74 Å². The molecule has 0 aliphatic rings. The third-order valence-electron chi connectivity index (χ3n) is 3.18. The Bertz CT molecular complexity index is 752. The summed E-state index contributed by atoms with van der Waals surface area (Å²) in [5.74, 6) is -9.58. The normalized spacial score (nSPS) is 12.3. The minimum atomic E-state index is -1.80. The van der Waals surface area contributed by atoms with E-state index in [-0.39, 0.29) is 23.8 Å². The van der Waals surface area contributed by atoms with Crippen LogP contribution in [0.1, 0.15) is 42.9 Å². The monoisotopic (exact) mass is 357 g/mol. The zero-order valence-electron chi connectivity index (χ0n) is 13.6. The molecular weight excluding hydrogens is 342 g/mol. The van der Waals surface area contributed by atoms with E-state index < -0.39 is 35.0 Å². The van der Waals surface area contributed by atoms with Crippen LogP contribution in [0.4, 0.5) is 17.6 Å². The lowest BCUT2D eigenvalue weighted by Gasteiger charge is -2.15. The van der Waals surface area contributed by atoms with Gasteiger partial charge in [-0.2, -0.15) is 8.78 Å². The van der Waals surface area contributed by atoms with Crippen LogP contribution < -0.4 is 4.74 Å². The Labute approximate surface area is 141 Å². The zero-order valence-corrected chi connectivity index (χ0v) is 13.6. The van der Waals surface area contributed by atoms with E-state index >= 15 is 0 Å². The van der Waals surface area contributed by atoms with Crippen molar-refractivity contribution < 1.29 is 31.8 Å². The van der Waals surface area contributed by atoms with E-state index in [1.54, 1.807) is 6.92 Å². The predicted molar refractivity (Wildman–Crippen MR) is 80.1 cm³/mol. The van der Waals surface area contributed by atoms with Crippen molar-refractivity contribution in [1.29, 1.82) is 0 Å². The second-order valence-electron chi connectivity index (χ2n) is 5.49. The maximum atomic E-state index is 13.5. The van der Waals surface area contributed by atoms with Gasteiger partial charge in [-0.25, -0.2) is 13.6 Å². The molecule has 0 saturated heterocycles. The molecule has 0 spiro atoms. The van der Waals surface area contributed by atoms with Crippen LogP contribution in [-0.4, -0.2) is 17.1 Å². The van der Waals surface area contributed by atoms with Gasteiger partial charge < -0.3 is 9.47 Å². The standard InChI is InChI=1S/C17H15F4NO3/c1-8(2)24-9(3)13-5-4-10(7-22-13)17(23)25-16-14(20)11(18)6-12(19)15(16)21/h4-9H,1-3H3/t9-/m0/s1. The molecule has 0 bridgehead atoms. The molecule has 1 atom stereocenters. The predicted octanol–water partition coefficient (Wildman–Crippen LogP) is 4.34. The highest BCUT2D eigenvalue weighted by molar-refractivity contribution is 5.90. The molecule has 2 aromatic rings. The van der Waals surface area contributed by atoms with Crippen molar-refractivity contribution in [3.8, 4) is 5.75 Å². The first kappa shape index (κ1) is 18.9. The molecule has 0 saturated carbocycles. The molecule has 0 radical (unpaired) electrons. The largest absolute Gasteiger partial charge is 0.416 e. The van der Waals surface area contributed by atoms with Crippen molar-refractivity contribution >= 4 is 5.97 Å². The van der Waals surface area contributed by atoms with E-state index in [1.165, 1.54) is 12.1 Å². The Morgan fingerprint density at radius 1 is 1.04 bits per heavy atom. The van der Waals surface area contributed by atoms with Crippen molar-refractivity contribution in [2.24, 2.45) is 0 Å². The second kappa shape index (κ2) is 7.60. The van der Waals surface area contributed by atoms with Gasteiger partial charge >= 0.3 is 5.97 Å².